The number of benzene rings is 1. The van der Waals surface area contributed by atoms with Gasteiger partial charge in [0.25, 0.3) is 0 Å². The highest BCUT2D eigenvalue weighted by Gasteiger charge is 2.07. The number of rotatable bonds is 4. The molecule has 1 heterocycles. The molecule has 1 aromatic carbocycles. The monoisotopic (exact) mass is 280 g/mol. The van der Waals surface area contributed by atoms with Crippen molar-refractivity contribution in [2.24, 2.45) is 5.84 Å². The van der Waals surface area contributed by atoms with Gasteiger partial charge in [0.1, 0.15) is 17.4 Å². The Balaban J connectivity index is 2.29. The molecule has 100 valence electrons. The Labute approximate surface area is 114 Å². The Morgan fingerprint density at radius 1 is 1.32 bits per heavy atom. The summed E-state index contributed by atoms with van der Waals surface area (Å²) in [6.45, 7) is 1.69. The third-order valence-electron chi connectivity index (χ3n) is 2.38. The molecular formula is C12H13FN4OS. The maximum absolute atomic E-state index is 13.4. The SMILES string of the molecule is CSc1nc(NN)cc(Oc2ccc(C)c(F)c2)n1. The van der Waals surface area contributed by atoms with E-state index in [1.807, 2.05) is 6.26 Å². The van der Waals surface area contributed by atoms with E-state index in [0.29, 0.717) is 28.2 Å². The Morgan fingerprint density at radius 2 is 2.11 bits per heavy atom. The van der Waals surface area contributed by atoms with Gasteiger partial charge in [-0.3, -0.25) is 0 Å². The van der Waals surface area contributed by atoms with Gasteiger partial charge in [-0.15, -0.1) is 0 Å². The van der Waals surface area contributed by atoms with Crippen molar-refractivity contribution in [3.8, 4) is 11.6 Å². The first-order valence-electron chi connectivity index (χ1n) is 5.46. The molecule has 3 N–H and O–H groups in total. The molecule has 0 spiro atoms. The zero-order valence-corrected chi connectivity index (χ0v) is 11.3. The molecule has 19 heavy (non-hydrogen) atoms. The third kappa shape index (κ3) is 3.33. The van der Waals surface area contributed by atoms with Gasteiger partial charge in [0.2, 0.25) is 5.88 Å². The van der Waals surface area contributed by atoms with Gasteiger partial charge in [-0.25, -0.2) is 15.2 Å². The van der Waals surface area contributed by atoms with E-state index in [2.05, 4.69) is 15.4 Å². The maximum Gasteiger partial charge on any atom is 0.225 e. The van der Waals surface area contributed by atoms with Gasteiger partial charge in [-0.2, -0.15) is 4.98 Å². The lowest BCUT2D eigenvalue weighted by Crippen LogP contribution is -2.09. The van der Waals surface area contributed by atoms with Crippen molar-refractivity contribution in [2.75, 3.05) is 11.7 Å². The fourth-order valence-electron chi connectivity index (χ4n) is 1.38. The number of nitrogens with zero attached hydrogens (tertiary/aromatic N) is 2. The van der Waals surface area contributed by atoms with Crippen LogP contribution in [0, 0.1) is 12.7 Å². The molecule has 0 atom stereocenters. The molecule has 7 heteroatoms. The molecule has 2 aromatic rings. The quantitative estimate of drug-likeness (QED) is 0.388. The van der Waals surface area contributed by atoms with E-state index in [1.165, 1.54) is 23.9 Å². The topological polar surface area (TPSA) is 73.1 Å². The molecule has 0 radical (unpaired) electrons. The fraction of sp³-hybridized carbons (Fsp3) is 0.167. The summed E-state index contributed by atoms with van der Waals surface area (Å²) >= 11 is 1.36. The molecule has 0 fully saturated rings. The van der Waals surface area contributed by atoms with Crippen LogP contribution in [-0.2, 0) is 0 Å². The van der Waals surface area contributed by atoms with Crippen LogP contribution in [0.2, 0.25) is 0 Å². The molecule has 0 aliphatic heterocycles. The minimum Gasteiger partial charge on any atom is -0.439 e. The summed E-state index contributed by atoms with van der Waals surface area (Å²) in [4.78, 5) is 8.26. The number of nitrogen functional groups attached to an aromatic ring is 1. The standard InChI is InChI=1S/C12H13FN4OS/c1-7-3-4-8(5-9(7)13)18-11-6-10(17-14)15-12(16-11)19-2/h3-6H,14H2,1-2H3,(H,15,16,17). The van der Waals surface area contributed by atoms with Crippen LogP contribution in [0.15, 0.2) is 29.4 Å². The molecule has 0 aliphatic carbocycles. The molecule has 0 unspecified atom stereocenters. The van der Waals surface area contributed by atoms with Gasteiger partial charge < -0.3 is 10.2 Å². The summed E-state index contributed by atoms with van der Waals surface area (Å²) in [6, 6.07) is 6.17. The van der Waals surface area contributed by atoms with Crippen LogP contribution < -0.4 is 16.0 Å². The van der Waals surface area contributed by atoms with Crippen molar-refractivity contribution in [1.29, 1.82) is 0 Å². The molecule has 2 rings (SSSR count). The van der Waals surface area contributed by atoms with Crippen LogP contribution in [0.5, 0.6) is 11.6 Å². The lowest BCUT2D eigenvalue weighted by Gasteiger charge is -2.08. The minimum atomic E-state index is -0.325. The summed E-state index contributed by atoms with van der Waals surface area (Å²) in [6.07, 6.45) is 1.84. The Bertz CT molecular complexity index is 572. The Morgan fingerprint density at radius 3 is 2.74 bits per heavy atom. The highest BCUT2D eigenvalue weighted by Crippen LogP contribution is 2.25. The lowest BCUT2D eigenvalue weighted by atomic mass is 10.2. The second kappa shape index (κ2) is 5.85. The van der Waals surface area contributed by atoms with Crippen molar-refractivity contribution in [1.82, 2.24) is 9.97 Å². The van der Waals surface area contributed by atoms with Crippen molar-refractivity contribution in [3.05, 3.63) is 35.6 Å². The van der Waals surface area contributed by atoms with Gasteiger partial charge in [0.05, 0.1) is 0 Å². The molecule has 5 nitrogen and oxygen atoms in total. The fourth-order valence-corrected chi connectivity index (χ4v) is 1.75. The molecule has 0 bridgehead atoms. The number of nitrogens with two attached hydrogens (primary N) is 1. The predicted octanol–water partition coefficient (Wildman–Crippen LogP) is 2.72. The zero-order valence-electron chi connectivity index (χ0n) is 10.5. The zero-order chi connectivity index (χ0) is 13.8. The number of halogens is 1. The summed E-state index contributed by atoms with van der Waals surface area (Å²) < 4.78 is 18.9. The Hall–Kier alpha value is -1.86. The van der Waals surface area contributed by atoms with Crippen molar-refractivity contribution < 1.29 is 9.13 Å². The maximum atomic E-state index is 13.4. The van der Waals surface area contributed by atoms with Crippen LogP contribution >= 0.6 is 11.8 Å². The minimum absolute atomic E-state index is 0.301. The molecular weight excluding hydrogens is 267 g/mol. The number of hydrazine groups is 1. The van der Waals surface area contributed by atoms with Crippen LogP contribution in [0.1, 0.15) is 5.56 Å². The van der Waals surface area contributed by atoms with Crippen LogP contribution in [0.25, 0.3) is 0 Å². The summed E-state index contributed by atoms with van der Waals surface area (Å²) in [5, 5.41) is 0.512. The molecule has 0 saturated carbocycles. The molecule has 0 saturated heterocycles. The Kier molecular flexibility index (Phi) is 4.18. The second-order valence-corrected chi connectivity index (χ2v) is 4.51. The normalized spacial score (nSPS) is 10.3. The third-order valence-corrected chi connectivity index (χ3v) is 2.93. The van der Waals surface area contributed by atoms with Gasteiger partial charge in [0, 0.05) is 12.1 Å². The first kappa shape index (κ1) is 13.6. The largest absolute Gasteiger partial charge is 0.439 e. The number of aromatic nitrogens is 2. The molecule has 1 aromatic heterocycles. The van der Waals surface area contributed by atoms with Crippen LogP contribution in [0.4, 0.5) is 10.2 Å². The number of nitrogens with one attached hydrogen (secondary N) is 1. The predicted molar refractivity (Wildman–Crippen MR) is 72.8 cm³/mol. The van der Waals surface area contributed by atoms with Crippen LogP contribution in [0.3, 0.4) is 0 Å². The first-order valence-corrected chi connectivity index (χ1v) is 6.68. The van der Waals surface area contributed by atoms with Gasteiger partial charge in [-0.1, -0.05) is 17.8 Å². The smallest absolute Gasteiger partial charge is 0.225 e. The molecule has 0 aliphatic rings. The van der Waals surface area contributed by atoms with Gasteiger partial charge in [0.15, 0.2) is 5.16 Å². The number of aryl methyl sites for hydroxylation is 1. The molecule has 0 amide bonds. The van der Waals surface area contributed by atoms with E-state index >= 15 is 0 Å². The highest BCUT2D eigenvalue weighted by molar-refractivity contribution is 7.98. The average Bonchev–Trinajstić information content (AvgIpc) is 2.42. The van der Waals surface area contributed by atoms with E-state index in [4.69, 9.17) is 10.6 Å². The van der Waals surface area contributed by atoms with Crippen molar-refractivity contribution >= 4 is 17.6 Å². The number of hydrogen-bond donors (Lipinski definition) is 2. The van der Waals surface area contributed by atoms with E-state index in [9.17, 15) is 4.39 Å². The van der Waals surface area contributed by atoms with E-state index in [0.717, 1.165) is 0 Å². The number of ether oxygens (including phenoxy) is 1. The summed E-state index contributed by atoms with van der Waals surface area (Å²) in [7, 11) is 0. The number of anilines is 1. The van der Waals surface area contributed by atoms with E-state index in [1.54, 1.807) is 19.1 Å². The second-order valence-electron chi connectivity index (χ2n) is 3.74. The first-order chi connectivity index (χ1) is 9.12. The van der Waals surface area contributed by atoms with E-state index in [-0.39, 0.29) is 5.82 Å². The average molecular weight is 280 g/mol. The summed E-state index contributed by atoms with van der Waals surface area (Å²) in [5.74, 6) is 6.10. The van der Waals surface area contributed by atoms with Gasteiger partial charge >= 0.3 is 0 Å². The van der Waals surface area contributed by atoms with Crippen molar-refractivity contribution in [2.45, 2.75) is 12.1 Å². The summed E-state index contributed by atoms with van der Waals surface area (Å²) in [5.41, 5.74) is 2.99. The lowest BCUT2D eigenvalue weighted by molar-refractivity contribution is 0.451. The number of hydrogen-bond acceptors (Lipinski definition) is 6. The van der Waals surface area contributed by atoms with Crippen LogP contribution in [-0.4, -0.2) is 16.2 Å². The van der Waals surface area contributed by atoms with Crippen molar-refractivity contribution in [3.63, 3.8) is 0 Å². The van der Waals surface area contributed by atoms with Gasteiger partial charge in [-0.05, 0) is 24.8 Å². The highest BCUT2D eigenvalue weighted by atomic mass is 32.2. The number of thioether (sulfide) groups is 1. The van der Waals surface area contributed by atoms with E-state index < -0.39 is 0 Å².